The molecule has 0 spiro atoms. The topological polar surface area (TPSA) is 43.4 Å². The van der Waals surface area contributed by atoms with Crippen LogP contribution in [-0.4, -0.2) is 24.5 Å². The zero-order valence-corrected chi connectivity index (χ0v) is 19.8. The summed E-state index contributed by atoms with van der Waals surface area (Å²) in [5, 5.41) is 3.50. The molecule has 4 aromatic carbocycles. The Balaban J connectivity index is 1.98. The Kier molecular flexibility index (Phi) is 5.51. The zero-order valence-electron chi connectivity index (χ0n) is 18.9. The monoisotopic (exact) mass is 464 g/mol. The average molecular weight is 465 g/mol. The fourth-order valence-corrected chi connectivity index (χ4v) is 12.6. The van der Waals surface area contributed by atoms with Gasteiger partial charge in [-0.1, -0.05) is 0 Å². The fraction of sp³-hybridized carbons (Fsp3) is 0.0667. The van der Waals surface area contributed by atoms with Crippen molar-refractivity contribution in [1.82, 2.24) is 0 Å². The Labute approximate surface area is 199 Å². The van der Waals surface area contributed by atoms with Crippen LogP contribution in [0.5, 0.6) is 0 Å². The van der Waals surface area contributed by atoms with Gasteiger partial charge in [0.05, 0.1) is 0 Å². The van der Waals surface area contributed by atoms with Gasteiger partial charge in [0.1, 0.15) is 0 Å². The maximum absolute atomic E-state index is 14.3. The van der Waals surface area contributed by atoms with Crippen LogP contribution in [-0.2, 0) is 9.53 Å². The van der Waals surface area contributed by atoms with Gasteiger partial charge in [0.15, 0.2) is 0 Å². The Bertz CT molecular complexity index is 1260. The van der Waals surface area contributed by atoms with Gasteiger partial charge in [-0.3, -0.25) is 0 Å². The predicted octanol–water partition coefficient (Wildman–Crippen LogP) is 4.84. The number of Topliss-reactive ketones (excluding diaryl/α,β-unsaturated/α-hetero) is 1. The molecule has 1 aliphatic heterocycles. The first-order valence-corrected chi connectivity index (χ1v) is 13.5. The van der Waals surface area contributed by atoms with E-state index in [1.54, 1.807) is 0 Å². The third-order valence-corrected chi connectivity index (χ3v) is 13.9. The van der Waals surface area contributed by atoms with Crippen molar-refractivity contribution in [3.8, 4) is 0 Å². The van der Waals surface area contributed by atoms with Crippen LogP contribution < -0.4 is 15.9 Å². The van der Waals surface area contributed by atoms with Gasteiger partial charge in [-0.2, -0.15) is 0 Å². The van der Waals surface area contributed by atoms with E-state index in [4.69, 9.17) is 4.74 Å². The van der Waals surface area contributed by atoms with E-state index in [1.807, 2.05) is 91.0 Å². The summed E-state index contributed by atoms with van der Waals surface area (Å²) < 4.78 is 5.35. The number of hydrogen-bond acceptors (Lipinski definition) is 3. The average Bonchev–Trinajstić information content (AvgIpc) is 2.91. The number of carbonyl (C=O) groups is 2. The van der Waals surface area contributed by atoms with E-state index < -0.39 is 18.2 Å². The Morgan fingerprint density at radius 3 is 1.38 bits per heavy atom. The standard InChI is InChI=1S/C30H25O3P/c1-33-30(32)28-22-27(29(31)23-14-6-2-7-15-23)34(28,24-16-8-3-9-17-24,25-18-10-4-11-19-25)26-20-12-5-13-21-26/h2-22,27H,1H3. The van der Waals surface area contributed by atoms with Crippen LogP contribution in [0, 0.1) is 0 Å². The van der Waals surface area contributed by atoms with Crippen molar-refractivity contribution in [3.05, 3.63) is 138 Å². The molecule has 0 fully saturated rings. The molecule has 4 heteroatoms. The summed E-state index contributed by atoms with van der Waals surface area (Å²) in [5.41, 5.74) is 0.0964. The normalized spacial score (nSPS) is 18.9. The third kappa shape index (κ3) is 2.81. The SMILES string of the molecule is COC(=O)C1=CC(C(=O)c2ccccc2)P1(c1ccccc1)(c1ccccc1)c1ccccc1. The molecule has 0 saturated carbocycles. The van der Waals surface area contributed by atoms with Crippen molar-refractivity contribution in [2.45, 2.75) is 5.66 Å². The van der Waals surface area contributed by atoms with Gasteiger partial charge in [-0.05, 0) is 0 Å². The van der Waals surface area contributed by atoms with E-state index in [0.29, 0.717) is 10.9 Å². The summed E-state index contributed by atoms with van der Waals surface area (Å²) in [6.07, 6.45) is 1.84. The molecule has 1 atom stereocenters. The maximum atomic E-state index is 14.3. The van der Waals surface area contributed by atoms with E-state index in [-0.39, 0.29) is 5.78 Å². The van der Waals surface area contributed by atoms with E-state index in [9.17, 15) is 9.59 Å². The summed E-state index contributed by atoms with van der Waals surface area (Å²) in [6.45, 7) is -3.80. The minimum atomic E-state index is -3.80. The van der Waals surface area contributed by atoms with E-state index in [0.717, 1.165) is 15.9 Å². The summed E-state index contributed by atoms with van der Waals surface area (Å²) in [5.74, 6) is -0.395. The molecular formula is C30H25O3P. The van der Waals surface area contributed by atoms with Crippen LogP contribution in [0.15, 0.2) is 133 Å². The van der Waals surface area contributed by atoms with Crippen LogP contribution in [0.4, 0.5) is 0 Å². The molecule has 0 aliphatic carbocycles. The minimum absolute atomic E-state index is 0.00230. The summed E-state index contributed by atoms with van der Waals surface area (Å²) in [7, 11) is 1.40. The Morgan fingerprint density at radius 2 is 1.00 bits per heavy atom. The summed E-state index contributed by atoms with van der Waals surface area (Å²) in [4.78, 5) is 27.7. The molecule has 0 saturated heterocycles. The molecule has 0 aromatic heterocycles. The van der Waals surface area contributed by atoms with Gasteiger partial charge in [-0.25, -0.2) is 0 Å². The van der Waals surface area contributed by atoms with Crippen molar-refractivity contribution in [3.63, 3.8) is 0 Å². The first-order valence-electron chi connectivity index (χ1n) is 11.2. The number of benzene rings is 4. The number of ether oxygens (including phenoxy) is 1. The first kappa shape index (κ1) is 22.0. The van der Waals surface area contributed by atoms with Gasteiger partial charge >= 0.3 is 200 Å². The van der Waals surface area contributed by atoms with Crippen LogP contribution in [0.1, 0.15) is 10.4 Å². The van der Waals surface area contributed by atoms with Crippen molar-refractivity contribution in [1.29, 1.82) is 0 Å². The van der Waals surface area contributed by atoms with E-state index >= 15 is 0 Å². The second kappa shape index (κ2) is 8.52. The molecule has 0 amide bonds. The molecule has 168 valence electrons. The fourth-order valence-electron chi connectivity index (χ4n) is 5.53. The predicted molar refractivity (Wildman–Crippen MR) is 140 cm³/mol. The number of allylic oxidation sites excluding steroid dienone is 1. The second-order valence-electron chi connectivity index (χ2n) is 8.41. The van der Waals surface area contributed by atoms with Crippen LogP contribution in [0.2, 0.25) is 0 Å². The molecule has 0 N–H and O–H groups in total. The van der Waals surface area contributed by atoms with E-state index in [2.05, 4.69) is 36.4 Å². The van der Waals surface area contributed by atoms with Gasteiger partial charge < -0.3 is 0 Å². The van der Waals surface area contributed by atoms with Gasteiger partial charge in [0, 0.05) is 0 Å². The van der Waals surface area contributed by atoms with Gasteiger partial charge in [0.25, 0.3) is 0 Å². The molecule has 1 unspecified atom stereocenters. The number of rotatable bonds is 6. The van der Waals surface area contributed by atoms with Crippen LogP contribution in [0.25, 0.3) is 0 Å². The first-order chi connectivity index (χ1) is 16.6. The van der Waals surface area contributed by atoms with Gasteiger partial charge in [0.2, 0.25) is 0 Å². The number of methoxy groups -OCH3 is 1. The molecule has 0 bridgehead atoms. The summed E-state index contributed by atoms with van der Waals surface area (Å²) >= 11 is 0. The van der Waals surface area contributed by atoms with E-state index in [1.165, 1.54) is 7.11 Å². The molecule has 1 heterocycles. The van der Waals surface area contributed by atoms with Crippen molar-refractivity contribution in [2.75, 3.05) is 7.11 Å². The number of ketones is 1. The second-order valence-corrected chi connectivity index (χ2v) is 13.4. The quantitative estimate of drug-likeness (QED) is 0.233. The third-order valence-electron chi connectivity index (χ3n) is 6.97. The molecule has 1 aliphatic rings. The number of hydrogen-bond donors (Lipinski definition) is 0. The van der Waals surface area contributed by atoms with Crippen molar-refractivity contribution < 1.29 is 14.3 Å². The Morgan fingerprint density at radius 1 is 0.618 bits per heavy atom. The Hall–Kier alpha value is -3.81. The molecule has 4 aromatic rings. The number of carbonyl (C=O) groups excluding carboxylic acids is 2. The molecule has 5 rings (SSSR count). The van der Waals surface area contributed by atoms with Crippen molar-refractivity contribution in [2.24, 2.45) is 0 Å². The summed E-state index contributed by atoms with van der Waals surface area (Å²) in [6, 6.07) is 39.4. The molecule has 3 nitrogen and oxygen atoms in total. The van der Waals surface area contributed by atoms with Gasteiger partial charge in [-0.15, -0.1) is 0 Å². The molecule has 0 radical (unpaired) electrons. The van der Waals surface area contributed by atoms with Crippen LogP contribution >= 0.6 is 6.60 Å². The number of esters is 1. The molecule has 34 heavy (non-hydrogen) atoms. The molecular weight excluding hydrogens is 439 g/mol. The van der Waals surface area contributed by atoms with Crippen molar-refractivity contribution >= 4 is 34.3 Å². The van der Waals surface area contributed by atoms with Crippen LogP contribution in [0.3, 0.4) is 0 Å². The zero-order chi connectivity index (χ0) is 23.6.